The molecule has 19 heavy (non-hydrogen) atoms. The van der Waals surface area contributed by atoms with Crippen molar-refractivity contribution < 1.29 is 9.47 Å². The summed E-state index contributed by atoms with van der Waals surface area (Å²) in [5.41, 5.74) is 7.35. The predicted octanol–water partition coefficient (Wildman–Crippen LogP) is 2.02. The van der Waals surface area contributed by atoms with Crippen molar-refractivity contribution in [2.45, 2.75) is 32.4 Å². The summed E-state index contributed by atoms with van der Waals surface area (Å²) in [6.45, 7) is 6.76. The van der Waals surface area contributed by atoms with E-state index in [4.69, 9.17) is 15.2 Å². The van der Waals surface area contributed by atoms with Gasteiger partial charge in [0.05, 0.1) is 0 Å². The van der Waals surface area contributed by atoms with E-state index in [0.717, 1.165) is 24.5 Å². The Bertz CT molecular complexity index is 463. The lowest BCUT2D eigenvalue weighted by molar-refractivity contribution is 0.171. The summed E-state index contributed by atoms with van der Waals surface area (Å²) in [5, 5.41) is 0. The summed E-state index contributed by atoms with van der Waals surface area (Å²) in [4.78, 5) is 2.42. The van der Waals surface area contributed by atoms with Gasteiger partial charge in [0.25, 0.3) is 0 Å². The van der Waals surface area contributed by atoms with Crippen LogP contribution in [-0.2, 0) is 0 Å². The van der Waals surface area contributed by atoms with Gasteiger partial charge in [-0.1, -0.05) is 6.92 Å². The molecule has 1 fully saturated rings. The number of nitrogens with zero attached hydrogens (tertiary/aromatic N) is 1. The Morgan fingerprint density at radius 3 is 2.68 bits per heavy atom. The van der Waals surface area contributed by atoms with E-state index in [9.17, 15) is 0 Å². The van der Waals surface area contributed by atoms with Crippen LogP contribution in [0.1, 0.15) is 20.3 Å². The molecule has 2 aliphatic heterocycles. The summed E-state index contributed by atoms with van der Waals surface area (Å²) >= 11 is 0. The maximum absolute atomic E-state index is 6.15. The van der Waals surface area contributed by atoms with Crippen LogP contribution >= 0.6 is 0 Å². The lowest BCUT2D eigenvalue weighted by Crippen LogP contribution is -2.51. The first-order chi connectivity index (χ1) is 9.16. The molecule has 0 spiro atoms. The standard InChI is InChI=1S/C15H22N2O2/c1-10-11(2)17(6-5-13(10)16)12-3-4-14-15(9-12)19-8-7-18-14/h3-4,9-11,13H,5-8,16H2,1-2H3. The molecular formula is C15H22N2O2. The Balaban J connectivity index is 1.85. The molecule has 3 rings (SSSR count). The number of hydrogen-bond donors (Lipinski definition) is 1. The molecule has 0 amide bonds. The Hall–Kier alpha value is -1.42. The van der Waals surface area contributed by atoms with Gasteiger partial charge >= 0.3 is 0 Å². The van der Waals surface area contributed by atoms with E-state index in [1.807, 2.05) is 6.07 Å². The first-order valence-corrected chi connectivity index (χ1v) is 7.08. The topological polar surface area (TPSA) is 47.7 Å². The molecule has 2 heterocycles. The summed E-state index contributed by atoms with van der Waals surface area (Å²) in [5.74, 6) is 2.21. The fourth-order valence-corrected chi connectivity index (χ4v) is 2.97. The number of piperidine rings is 1. The van der Waals surface area contributed by atoms with E-state index in [1.54, 1.807) is 0 Å². The highest BCUT2D eigenvalue weighted by molar-refractivity contribution is 5.57. The van der Waals surface area contributed by atoms with E-state index in [2.05, 4.69) is 30.9 Å². The van der Waals surface area contributed by atoms with Gasteiger partial charge in [-0.15, -0.1) is 0 Å². The molecule has 0 bridgehead atoms. The molecular weight excluding hydrogens is 240 g/mol. The second-order valence-electron chi connectivity index (χ2n) is 5.57. The minimum Gasteiger partial charge on any atom is -0.486 e. The number of ether oxygens (including phenoxy) is 2. The van der Waals surface area contributed by atoms with Crippen molar-refractivity contribution in [3.8, 4) is 11.5 Å². The van der Waals surface area contributed by atoms with E-state index in [-0.39, 0.29) is 0 Å². The first-order valence-electron chi connectivity index (χ1n) is 7.08. The maximum atomic E-state index is 6.15. The Kier molecular flexibility index (Phi) is 3.27. The van der Waals surface area contributed by atoms with Crippen molar-refractivity contribution in [1.82, 2.24) is 0 Å². The molecule has 1 aromatic carbocycles. The van der Waals surface area contributed by atoms with Crippen molar-refractivity contribution in [2.75, 3.05) is 24.7 Å². The molecule has 0 radical (unpaired) electrons. The van der Waals surface area contributed by atoms with Crippen molar-refractivity contribution in [2.24, 2.45) is 11.7 Å². The molecule has 0 aromatic heterocycles. The van der Waals surface area contributed by atoms with Crippen LogP contribution in [0.3, 0.4) is 0 Å². The van der Waals surface area contributed by atoms with E-state index < -0.39 is 0 Å². The monoisotopic (exact) mass is 262 g/mol. The van der Waals surface area contributed by atoms with Gasteiger partial charge in [-0.3, -0.25) is 0 Å². The van der Waals surface area contributed by atoms with Crippen LogP contribution in [0.2, 0.25) is 0 Å². The van der Waals surface area contributed by atoms with Crippen molar-refractivity contribution in [1.29, 1.82) is 0 Å². The average molecular weight is 262 g/mol. The molecule has 3 unspecified atom stereocenters. The molecule has 1 saturated heterocycles. The highest BCUT2D eigenvalue weighted by Gasteiger charge is 2.30. The molecule has 2 aliphatic rings. The van der Waals surface area contributed by atoms with Gasteiger partial charge in [0.1, 0.15) is 13.2 Å². The molecule has 3 atom stereocenters. The molecule has 1 aromatic rings. The first kappa shape index (κ1) is 12.6. The van der Waals surface area contributed by atoms with Crippen LogP contribution in [-0.4, -0.2) is 31.8 Å². The van der Waals surface area contributed by atoms with Crippen LogP contribution in [0, 0.1) is 5.92 Å². The van der Waals surface area contributed by atoms with Gasteiger partial charge in [0.2, 0.25) is 0 Å². The Labute approximate surface area is 114 Å². The lowest BCUT2D eigenvalue weighted by Gasteiger charge is -2.43. The summed E-state index contributed by atoms with van der Waals surface area (Å²) < 4.78 is 11.2. The third-order valence-corrected chi connectivity index (χ3v) is 4.49. The second-order valence-corrected chi connectivity index (χ2v) is 5.57. The number of hydrogen-bond acceptors (Lipinski definition) is 4. The van der Waals surface area contributed by atoms with E-state index >= 15 is 0 Å². The van der Waals surface area contributed by atoms with Gasteiger partial charge < -0.3 is 20.1 Å². The van der Waals surface area contributed by atoms with E-state index in [1.165, 1.54) is 5.69 Å². The normalized spacial score (nSPS) is 30.3. The average Bonchev–Trinajstić information content (AvgIpc) is 2.44. The zero-order valence-corrected chi connectivity index (χ0v) is 11.6. The molecule has 0 saturated carbocycles. The number of rotatable bonds is 1. The second kappa shape index (κ2) is 4.93. The number of anilines is 1. The highest BCUT2D eigenvalue weighted by Crippen LogP contribution is 2.36. The number of fused-ring (bicyclic) bond motifs is 1. The number of benzene rings is 1. The van der Waals surface area contributed by atoms with Crippen LogP contribution < -0.4 is 20.1 Å². The number of nitrogens with two attached hydrogens (primary N) is 1. The zero-order valence-electron chi connectivity index (χ0n) is 11.6. The van der Waals surface area contributed by atoms with Crippen LogP contribution in [0.5, 0.6) is 11.5 Å². The largest absolute Gasteiger partial charge is 0.486 e. The molecule has 2 N–H and O–H groups in total. The fourth-order valence-electron chi connectivity index (χ4n) is 2.97. The quantitative estimate of drug-likeness (QED) is 0.841. The molecule has 4 nitrogen and oxygen atoms in total. The fraction of sp³-hybridized carbons (Fsp3) is 0.600. The lowest BCUT2D eigenvalue weighted by atomic mass is 9.87. The predicted molar refractivity (Wildman–Crippen MR) is 76.0 cm³/mol. The van der Waals surface area contributed by atoms with Crippen LogP contribution in [0.4, 0.5) is 5.69 Å². The minimum atomic E-state index is 0.309. The van der Waals surface area contributed by atoms with Crippen molar-refractivity contribution in [3.63, 3.8) is 0 Å². The van der Waals surface area contributed by atoms with Gasteiger partial charge in [-0.2, -0.15) is 0 Å². The van der Waals surface area contributed by atoms with E-state index in [0.29, 0.717) is 31.2 Å². The van der Waals surface area contributed by atoms with Gasteiger partial charge in [0, 0.05) is 30.4 Å². The Morgan fingerprint density at radius 1 is 1.16 bits per heavy atom. The Morgan fingerprint density at radius 2 is 1.89 bits per heavy atom. The van der Waals surface area contributed by atoms with Crippen molar-refractivity contribution >= 4 is 5.69 Å². The third kappa shape index (κ3) is 2.25. The highest BCUT2D eigenvalue weighted by atomic mass is 16.6. The SMILES string of the molecule is CC1C(N)CCN(c2ccc3c(c2)OCCO3)C1C. The summed E-state index contributed by atoms with van der Waals surface area (Å²) in [6, 6.07) is 6.98. The van der Waals surface area contributed by atoms with Gasteiger partial charge in [-0.05, 0) is 31.4 Å². The van der Waals surface area contributed by atoms with Crippen molar-refractivity contribution in [3.05, 3.63) is 18.2 Å². The van der Waals surface area contributed by atoms with Crippen LogP contribution in [0.25, 0.3) is 0 Å². The minimum absolute atomic E-state index is 0.309. The summed E-state index contributed by atoms with van der Waals surface area (Å²) in [7, 11) is 0. The smallest absolute Gasteiger partial charge is 0.163 e. The zero-order chi connectivity index (χ0) is 13.4. The molecule has 104 valence electrons. The molecule has 0 aliphatic carbocycles. The third-order valence-electron chi connectivity index (χ3n) is 4.49. The van der Waals surface area contributed by atoms with Gasteiger partial charge in [-0.25, -0.2) is 0 Å². The maximum Gasteiger partial charge on any atom is 0.163 e. The van der Waals surface area contributed by atoms with Gasteiger partial charge in [0.15, 0.2) is 11.5 Å². The van der Waals surface area contributed by atoms with Crippen LogP contribution in [0.15, 0.2) is 18.2 Å². The molecule has 4 heteroatoms. The summed E-state index contributed by atoms with van der Waals surface area (Å²) in [6.07, 6.45) is 1.04.